The summed E-state index contributed by atoms with van der Waals surface area (Å²) in [5, 5.41) is -0.429. The van der Waals surface area contributed by atoms with Crippen molar-refractivity contribution >= 4 is 21.9 Å². The summed E-state index contributed by atoms with van der Waals surface area (Å²) in [6.07, 6.45) is 1.73. The maximum absolute atomic E-state index is 12.8. The number of furan rings is 1. The minimum absolute atomic E-state index is 0.0758. The Balaban J connectivity index is 2.15. The van der Waals surface area contributed by atoms with Gasteiger partial charge in [-0.3, -0.25) is 14.6 Å². The number of carbonyl (C=O) groups excluding carboxylic acids is 1. The first kappa shape index (κ1) is 21.4. The SMILES string of the molecule is NC(N)=NCCC[C@H](N)C(=O)N(OCc1ccccc1)S(=O)(=O)c1ccco1. The highest BCUT2D eigenvalue weighted by Gasteiger charge is 2.35. The van der Waals surface area contributed by atoms with Gasteiger partial charge in [0.05, 0.1) is 12.3 Å². The highest BCUT2D eigenvalue weighted by molar-refractivity contribution is 7.89. The number of benzene rings is 1. The number of nitrogens with zero attached hydrogens (tertiary/aromatic N) is 2. The van der Waals surface area contributed by atoms with Gasteiger partial charge in [-0.15, -0.1) is 4.47 Å². The fourth-order valence-electron chi connectivity index (χ4n) is 2.23. The third-order valence-electron chi connectivity index (χ3n) is 3.62. The number of nitrogens with two attached hydrogens (primary N) is 3. The van der Waals surface area contributed by atoms with E-state index in [-0.39, 0.29) is 30.0 Å². The Morgan fingerprint density at radius 3 is 2.50 bits per heavy atom. The van der Waals surface area contributed by atoms with Gasteiger partial charge in [-0.25, -0.2) is 0 Å². The number of rotatable bonds is 10. The molecule has 152 valence electrons. The van der Waals surface area contributed by atoms with E-state index in [1.54, 1.807) is 30.3 Å². The van der Waals surface area contributed by atoms with Crippen molar-refractivity contribution in [1.82, 2.24) is 4.47 Å². The summed E-state index contributed by atoms with van der Waals surface area (Å²) in [5.41, 5.74) is 17.0. The molecule has 0 radical (unpaired) electrons. The first-order valence-electron chi connectivity index (χ1n) is 8.43. The van der Waals surface area contributed by atoms with E-state index in [1.807, 2.05) is 0 Å². The number of amides is 1. The van der Waals surface area contributed by atoms with Crippen molar-refractivity contribution in [3.05, 3.63) is 54.3 Å². The molecule has 10 nitrogen and oxygen atoms in total. The first-order chi connectivity index (χ1) is 13.3. The van der Waals surface area contributed by atoms with Gasteiger partial charge in [0, 0.05) is 6.54 Å². The number of hydroxylamine groups is 1. The second-order valence-electron chi connectivity index (χ2n) is 5.82. The van der Waals surface area contributed by atoms with Crippen molar-refractivity contribution in [2.75, 3.05) is 6.54 Å². The lowest BCUT2D eigenvalue weighted by molar-refractivity contribution is -0.163. The third kappa shape index (κ3) is 5.81. The molecular weight excluding hydrogens is 386 g/mol. The summed E-state index contributed by atoms with van der Waals surface area (Å²) in [5.74, 6) is -0.995. The Labute approximate surface area is 163 Å². The van der Waals surface area contributed by atoms with E-state index in [4.69, 9.17) is 26.5 Å². The number of hydrogen-bond donors (Lipinski definition) is 3. The van der Waals surface area contributed by atoms with E-state index in [0.717, 1.165) is 0 Å². The summed E-state index contributed by atoms with van der Waals surface area (Å²) >= 11 is 0. The van der Waals surface area contributed by atoms with Crippen LogP contribution in [0.3, 0.4) is 0 Å². The zero-order valence-electron chi connectivity index (χ0n) is 15.1. The van der Waals surface area contributed by atoms with Gasteiger partial charge in [0.15, 0.2) is 5.96 Å². The summed E-state index contributed by atoms with van der Waals surface area (Å²) in [6.45, 7) is 0.117. The molecule has 0 aliphatic rings. The number of guanidine groups is 1. The molecule has 0 aliphatic carbocycles. The Kier molecular flexibility index (Phi) is 7.55. The van der Waals surface area contributed by atoms with Crippen molar-refractivity contribution in [1.29, 1.82) is 0 Å². The monoisotopic (exact) mass is 409 g/mol. The summed E-state index contributed by atoms with van der Waals surface area (Å²) < 4.78 is 30.7. The maximum Gasteiger partial charge on any atom is 0.322 e. The third-order valence-corrected chi connectivity index (χ3v) is 5.09. The smallest absolute Gasteiger partial charge is 0.322 e. The van der Waals surface area contributed by atoms with Gasteiger partial charge in [0.2, 0.25) is 5.09 Å². The van der Waals surface area contributed by atoms with Crippen molar-refractivity contribution in [3.8, 4) is 0 Å². The zero-order valence-corrected chi connectivity index (χ0v) is 15.9. The van der Waals surface area contributed by atoms with Gasteiger partial charge in [0.25, 0.3) is 5.91 Å². The van der Waals surface area contributed by atoms with Crippen LogP contribution in [0.1, 0.15) is 18.4 Å². The zero-order chi connectivity index (χ0) is 20.6. The highest BCUT2D eigenvalue weighted by atomic mass is 32.2. The molecule has 1 atom stereocenters. The van der Waals surface area contributed by atoms with E-state index < -0.39 is 27.1 Å². The van der Waals surface area contributed by atoms with Crippen LogP contribution in [0, 0.1) is 0 Å². The van der Waals surface area contributed by atoms with Crippen molar-refractivity contribution in [3.63, 3.8) is 0 Å². The Bertz CT molecular complexity index is 880. The molecule has 11 heteroatoms. The standard InChI is InChI=1S/C17H23N5O5S/c18-14(8-4-10-21-17(19)20)16(23)22(27-12-13-6-2-1-3-7-13)28(24,25)15-9-5-11-26-15/h1-3,5-7,9,11,14H,4,8,10,12,18H2,(H4,19,20,21)/t14-/m0/s1. The highest BCUT2D eigenvalue weighted by Crippen LogP contribution is 2.19. The van der Waals surface area contributed by atoms with E-state index in [1.165, 1.54) is 18.4 Å². The van der Waals surface area contributed by atoms with E-state index in [0.29, 0.717) is 12.0 Å². The van der Waals surface area contributed by atoms with Crippen LogP contribution >= 0.6 is 0 Å². The van der Waals surface area contributed by atoms with Gasteiger partial charge in [-0.1, -0.05) is 30.3 Å². The number of carbonyl (C=O) groups is 1. The Hall–Kier alpha value is -2.89. The van der Waals surface area contributed by atoms with Crippen LogP contribution < -0.4 is 17.2 Å². The van der Waals surface area contributed by atoms with Crippen molar-refractivity contribution in [2.45, 2.75) is 30.6 Å². The van der Waals surface area contributed by atoms with Crippen LogP contribution in [0.5, 0.6) is 0 Å². The van der Waals surface area contributed by atoms with Crippen LogP contribution in [0.4, 0.5) is 0 Å². The van der Waals surface area contributed by atoms with Crippen molar-refractivity contribution in [2.24, 2.45) is 22.2 Å². The summed E-state index contributed by atoms with van der Waals surface area (Å²) in [7, 11) is -4.37. The number of sulfonamides is 1. The van der Waals surface area contributed by atoms with Crippen LogP contribution in [0.15, 0.2) is 63.2 Å². The second kappa shape index (κ2) is 9.88. The predicted octanol–water partition coefficient (Wildman–Crippen LogP) is 0.310. The normalized spacial score (nSPS) is 12.3. The van der Waals surface area contributed by atoms with Crippen LogP contribution in [-0.2, 0) is 26.3 Å². The van der Waals surface area contributed by atoms with Crippen LogP contribution in [-0.4, -0.2) is 37.3 Å². The van der Waals surface area contributed by atoms with Crippen LogP contribution in [0.25, 0.3) is 0 Å². The second-order valence-corrected chi connectivity index (χ2v) is 7.50. The molecule has 0 fully saturated rings. The molecule has 1 amide bonds. The fourth-order valence-corrected chi connectivity index (χ4v) is 3.38. The van der Waals surface area contributed by atoms with Crippen molar-refractivity contribution < 1.29 is 22.5 Å². The van der Waals surface area contributed by atoms with Gasteiger partial charge in [-0.05, 0) is 30.5 Å². The molecule has 6 N–H and O–H groups in total. The van der Waals surface area contributed by atoms with E-state index in [2.05, 4.69) is 4.99 Å². The molecule has 1 aromatic heterocycles. The number of aliphatic imine (C=N–C) groups is 1. The number of hydrogen-bond acceptors (Lipinski definition) is 7. The first-order valence-corrected chi connectivity index (χ1v) is 9.87. The minimum Gasteiger partial charge on any atom is -0.451 e. The molecule has 0 spiro atoms. The summed E-state index contributed by atoms with van der Waals surface area (Å²) in [4.78, 5) is 21.8. The summed E-state index contributed by atoms with van der Waals surface area (Å²) in [6, 6.07) is 10.3. The average Bonchev–Trinajstić information content (AvgIpc) is 3.21. The lowest BCUT2D eigenvalue weighted by Crippen LogP contribution is -2.46. The molecule has 28 heavy (non-hydrogen) atoms. The predicted molar refractivity (Wildman–Crippen MR) is 102 cm³/mol. The Morgan fingerprint density at radius 2 is 1.89 bits per heavy atom. The van der Waals surface area contributed by atoms with E-state index >= 15 is 0 Å². The van der Waals surface area contributed by atoms with E-state index in [9.17, 15) is 13.2 Å². The van der Waals surface area contributed by atoms with Gasteiger partial charge < -0.3 is 21.6 Å². The van der Waals surface area contributed by atoms with Gasteiger partial charge >= 0.3 is 10.0 Å². The molecule has 1 heterocycles. The lowest BCUT2D eigenvalue weighted by atomic mass is 10.1. The molecule has 2 rings (SSSR count). The van der Waals surface area contributed by atoms with Gasteiger partial charge in [-0.2, -0.15) is 8.42 Å². The lowest BCUT2D eigenvalue weighted by Gasteiger charge is -2.23. The molecule has 0 bridgehead atoms. The molecule has 0 saturated heterocycles. The van der Waals surface area contributed by atoms with Gasteiger partial charge in [0.1, 0.15) is 6.61 Å². The molecule has 2 aromatic rings. The largest absolute Gasteiger partial charge is 0.451 e. The maximum atomic E-state index is 12.8. The minimum atomic E-state index is -4.37. The Morgan fingerprint density at radius 1 is 1.18 bits per heavy atom. The molecular formula is C17H23N5O5S. The average molecular weight is 409 g/mol. The topological polar surface area (TPSA) is 167 Å². The quantitative estimate of drug-likeness (QED) is 0.218. The fraction of sp³-hybridized carbons (Fsp3) is 0.294. The molecule has 0 aliphatic heterocycles. The molecule has 1 aromatic carbocycles. The molecule has 0 saturated carbocycles. The molecule has 0 unspecified atom stereocenters. The van der Waals surface area contributed by atoms with Crippen LogP contribution in [0.2, 0.25) is 0 Å².